The summed E-state index contributed by atoms with van der Waals surface area (Å²) in [6, 6.07) is 10.4. The average molecular weight is 290 g/mol. The molecule has 3 nitrogen and oxygen atoms in total. The predicted molar refractivity (Wildman–Crippen MR) is 83.8 cm³/mol. The quantitative estimate of drug-likeness (QED) is 0.850. The molecule has 108 valence electrons. The van der Waals surface area contributed by atoms with E-state index in [1.807, 2.05) is 18.2 Å². The maximum absolute atomic E-state index is 9.23. The van der Waals surface area contributed by atoms with Crippen molar-refractivity contribution in [1.82, 2.24) is 9.88 Å². The number of rotatable bonds is 7. The Bertz CT molecular complexity index is 510. The Balaban J connectivity index is 2.01. The number of aromatic nitrogens is 1. The van der Waals surface area contributed by atoms with Crippen molar-refractivity contribution in [3.05, 3.63) is 52.0 Å². The van der Waals surface area contributed by atoms with Crippen LogP contribution in [-0.4, -0.2) is 28.1 Å². The summed E-state index contributed by atoms with van der Waals surface area (Å²) < 4.78 is 0. The fourth-order valence-corrected chi connectivity index (χ4v) is 2.91. The fraction of sp³-hybridized carbons (Fsp3) is 0.438. The zero-order valence-electron chi connectivity index (χ0n) is 12.1. The van der Waals surface area contributed by atoms with Gasteiger partial charge in [0.25, 0.3) is 0 Å². The molecular formula is C16H22N2OS. The molecule has 0 spiro atoms. The highest BCUT2D eigenvalue weighted by Gasteiger charge is 2.11. The standard InChI is InChI=1S/C16H22N2OS/c1-13(2)16-17-15(12-20-16)11-18(8-9-19)10-14-6-4-3-5-7-14/h3-7,12-13,19H,8-11H2,1-2H3. The van der Waals surface area contributed by atoms with Crippen LogP contribution in [0.1, 0.15) is 36.0 Å². The van der Waals surface area contributed by atoms with Crippen LogP contribution in [-0.2, 0) is 13.1 Å². The van der Waals surface area contributed by atoms with Crippen molar-refractivity contribution in [3.8, 4) is 0 Å². The Hall–Kier alpha value is -1.23. The Labute approximate surface area is 124 Å². The number of aliphatic hydroxyl groups is 1. The molecule has 2 rings (SSSR count). The van der Waals surface area contributed by atoms with Gasteiger partial charge in [0, 0.05) is 30.9 Å². The zero-order valence-corrected chi connectivity index (χ0v) is 12.9. The largest absolute Gasteiger partial charge is 0.395 e. The minimum Gasteiger partial charge on any atom is -0.395 e. The molecule has 0 fully saturated rings. The summed E-state index contributed by atoms with van der Waals surface area (Å²) in [5, 5.41) is 12.5. The third kappa shape index (κ3) is 4.40. The van der Waals surface area contributed by atoms with Crippen LogP contribution in [0.5, 0.6) is 0 Å². The zero-order chi connectivity index (χ0) is 14.4. The third-order valence-corrected chi connectivity index (χ3v) is 4.31. The van der Waals surface area contributed by atoms with Crippen LogP contribution in [0.25, 0.3) is 0 Å². The Kier molecular flexibility index (Phi) is 5.71. The first kappa shape index (κ1) is 15.2. The summed E-state index contributed by atoms with van der Waals surface area (Å²) in [4.78, 5) is 6.90. The topological polar surface area (TPSA) is 36.4 Å². The van der Waals surface area contributed by atoms with E-state index in [1.165, 1.54) is 10.6 Å². The Morgan fingerprint density at radius 3 is 2.55 bits per heavy atom. The summed E-state index contributed by atoms with van der Waals surface area (Å²) in [5.41, 5.74) is 2.36. The first-order valence-corrected chi connectivity index (χ1v) is 7.88. The molecule has 0 aliphatic rings. The van der Waals surface area contributed by atoms with Crippen LogP contribution in [0, 0.1) is 0 Å². The summed E-state index contributed by atoms with van der Waals surface area (Å²) >= 11 is 1.72. The van der Waals surface area contributed by atoms with Gasteiger partial charge in [-0.05, 0) is 5.56 Å². The number of hydrogen-bond donors (Lipinski definition) is 1. The third-order valence-electron chi connectivity index (χ3n) is 3.11. The number of aliphatic hydroxyl groups excluding tert-OH is 1. The molecule has 1 aromatic heterocycles. The first-order chi connectivity index (χ1) is 9.69. The van der Waals surface area contributed by atoms with Crippen molar-refractivity contribution < 1.29 is 5.11 Å². The van der Waals surface area contributed by atoms with E-state index in [0.717, 1.165) is 18.8 Å². The molecule has 0 atom stereocenters. The molecule has 0 bridgehead atoms. The van der Waals surface area contributed by atoms with Gasteiger partial charge in [0.1, 0.15) is 0 Å². The van der Waals surface area contributed by atoms with Crippen molar-refractivity contribution in [1.29, 1.82) is 0 Å². The summed E-state index contributed by atoms with van der Waals surface area (Å²) in [6.07, 6.45) is 0. The van der Waals surface area contributed by atoms with Crippen molar-refractivity contribution in [2.75, 3.05) is 13.2 Å². The minimum atomic E-state index is 0.175. The highest BCUT2D eigenvalue weighted by atomic mass is 32.1. The van der Waals surface area contributed by atoms with E-state index in [4.69, 9.17) is 0 Å². The van der Waals surface area contributed by atoms with Gasteiger partial charge in [-0.25, -0.2) is 4.98 Å². The summed E-state index contributed by atoms with van der Waals surface area (Å²) in [5.74, 6) is 0.481. The Morgan fingerprint density at radius 1 is 1.20 bits per heavy atom. The summed E-state index contributed by atoms with van der Waals surface area (Å²) in [7, 11) is 0. The lowest BCUT2D eigenvalue weighted by Gasteiger charge is -2.20. The van der Waals surface area contributed by atoms with Crippen molar-refractivity contribution >= 4 is 11.3 Å². The molecule has 0 saturated carbocycles. The number of thiazole rings is 1. The van der Waals surface area contributed by atoms with Gasteiger partial charge >= 0.3 is 0 Å². The van der Waals surface area contributed by atoms with E-state index >= 15 is 0 Å². The SMILES string of the molecule is CC(C)c1nc(CN(CCO)Cc2ccccc2)cs1. The smallest absolute Gasteiger partial charge is 0.0954 e. The van der Waals surface area contributed by atoms with Gasteiger partial charge in [-0.3, -0.25) is 4.90 Å². The minimum absolute atomic E-state index is 0.175. The van der Waals surface area contributed by atoms with E-state index in [9.17, 15) is 5.11 Å². The summed E-state index contributed by atoms with van der Waals surface area (Å²) in [6.45, 7) is 6.81. The molecule has 0 unspecified atom stereocenters. The van der Waals surface area contributed by atoms with E-state index in [-0.39, 0.29) is 6.61 Å². The lowest BCUT2D eigenvalue weighted by Crippen LogP contribution is -2.26. The van der Waals surface area contributed by atoms with Crippen LogP contribution in [0.15, 0.2) is 35.7 Å². The maximum Gasteiger partial charge on any atom is 0.0954 e. The second kappa shape index (κ2) is 7.53. The second-order valence-electron chi connectivity index (χ2n) is 5.25. The highest BCUT2D eigenvalue weighted by molar-refractivity contribution is 7.09. The lowest BCUT2D eigenvalue weighted by molar-refractivity contribution is 0.183. The molecule has 0 aliphatic heterocycles. The van der Waals surface area contributed by atoms with Crippen LogP contribution < -0.4 is 0 Å². The van der Waals surface area contributed by atoms with E-state index in [0.29, 0.717) is 12.5 Å². The molecule has 20 heavy (non-hydrogen) atoms. The van der Waals surface area contributed by atoms with E-state index in [2.05, 4.69) is 41.2 Å². The molecule has 0 radical (unpaired) electrons. The predicted octanol–water partition coefficient (Wildman–Crippen LogP) is 3.26. The number of nitrogens with zero attached hydrogens (tertiary/aromatic N) is 2. The maximum atomic E-state index is 9.23. The average Bonchev–Trinajstić information content (AvgIpc) is 2.89. The highest BCUT2D eigenvalue weighted by Crippen LogP contribution is 2.20. The lowest BCUT2D eigenvalue weighted by atomic mass is 10.2. The van der Waals surface area contributed by atoms with Crippen LogP contribution in [0.3, 0.4) is 0 Å². The van der Waals surface area contributed by atoms with Gasteiger partial charge in [0.05, 0.1) is 17.3 Å². The van der Waals surface area contributed by atoms with Crippen molar-refractivity contribution in [2.45, 2.75) is 32.9 Å². The van der Waals surface area contributed by atoms with Gasteiger partial charge in [-0.1, -0.05) is 44.2 Å². The molecule has 0 amide bonds. The van der Waals surface area contributed by atoms with Gasteiger partial charge in [-0.2, -0.15) is 0 Å². The number of benzene rings is 1. The normalized spacial score (nSPS) is 11.4. The van der Waals surface area contributed by atoms with E-state index in [1.54, 1.807) is 11.3 Å². The monoisotopic (exact) mass is 290 g/mol. The first-order valence-electron chi connectivity index (χ1n) is 7.00. The molecule has 4 heteroatoms. The molecule has 1 heterocycles. The van der Waals surface area contributed by atoms with E-state index < -0.39 is 0 Å². The van der Waals surface area contributed by atoms with Gasteiger partial charge in [0.15, 0.2) is 0 Å². The molecular weight excluding hydrogens is 268 g/mol. The fourth-order valence-electron chi connectivity index (χ4n) is 2.09. The van der Waals surface area contributed by atoms with Gasteiger partial charge in [-0.15, -0.1) is 11.3 Å². The number of hydrogen-bond acceptors (Lipinski definition) is 4. The van der Waals surface area contributed by atoms with Gasteiger partial charge < -0.3 is 5.11 Å². The van der Waals surface area contributed by atoms with Crippen molar-refractivity contribution in [2.24, 2.45) is 0 Å². The molecule has 2 aromatic rings. The van der Waals surface area contributed by atoms with Crippen LogP contribution >= 0.6 is 11.3 Å². The molecule has 0 aliphatic carbocycles. The second-order valence-corrected chi connectivity index (χ2v) is 6.14. The van der Waals surface area contributed by atoms with Gasteiger partial charge in [0.2, 0.25) is 0 Å². The Morgan fingerprint density at radius 2 is 1.95 bits per heavy atom. The molecule has 0 saturated heterocycles. The van der Waals surface area contributed by atoms with Crippen LogP contribution in [0.4, 0.5) is 0 Å². The van der Waals surface area contributed by atoms with Crippen LogP contribution in [0.2, 0.25) is 0 Å². The molecule has 1 N–H and O–H groups in total. The molecule has 1 aromatic carbocycles. The van der Waals surface area contributed by atoms with Crippen molar-refractivity contribution in [3.63, 3.8) is 0 Å².